The molecule has 0 fully saturated rings. The van der Waals surface area contributed by atoms with Crippen LogP contribution in [0.1, 0.15) is 5.56 Å². The molecule has 0 saturated heterocycles. The van der Waals surface area contributed by atoms with Crippen LogP contribution in [0.2, 0.25) is 5.02 Å². The molecule has 9 heteroatoms. The molecule has 0 aliphatic carbocycles. The van der Waals surface area contributed by atoms with Gasteiger partial charge in [0.2, 0.25) is 5.91 Å². The maximum atomic E-state index is 12.6. The molecule has 1 rings (SSSR count). The van der Waals surface area contributed by atoms with Crippen LogP contribution in [0, 0.1) is 6.92 Å². The van der Waals surface area contributed by atoms with Gasteiger partial charge in [-0.3, -0.25) is 9.59 Å². The summed E-state index contributed by atoms with van der Waals surface area (Å²) in [6, 6.07) is 4.68. The number of halogens is 5. The van der Waals surface area contributed by atoms with Crippen LogP contribution in [0.5, 0.6) is 0 Å². The fraction of sp³-hybridized carbons (Fsp3) is 0.333. The topological polar surface area (TPSA) is 58.2 Å². The van der Waals surface area contributed by atoms with Crippen LogP contribution < -0.4 is 10.6 Å². The van der Waals surface area contributed by atoms with Gasteiger partial charge in [-0.1, -0.05) is 17.7 Å². The number of hydrogen-bond acceptors (Lipinski definition) is 2. The molecule has 0 unspecified atom stereocenters. The van der Waals surface area contributed by atoms with E-state index < -0.39 is 30.7 Å². The average Bonchev–Trinajstić information content (AvgIpc) is 2.39. The molecule has 4 nitrogen and oxygen atoms in total. The van der Waals surface area contributed by atoms with Gasteiger partial charge in [-0.2, -0.15) is 8.78 Å². The highest BCUT2D eigenvalue weighted by molar-refractivity contribution is 6.33. The SMILES string of the molecule is Cc1ccc(NC(=O)CNC(=O)C(F)(F)C(F)F)c(Cl)c1. The minimum Gasteiger partial charge on any atom is -0.342 e. The maximum Gasteiger partial charge on any atom is 0.383 e. The third kappa shape index (κ3) is 4.59. The molecule has 116 valence electrons. The smallest absolute Gasteiger partial charge is 0.342 e. The quantitative estimate of drug-likeness (QED) is 0.817. The predicted molar refractivity (Wildman–Crippen MR) is 68.8 cm³/mol. The molecule has 0 spiro atoms. The van der Waals surface area contributed by atoms with Crippen molar-refractivity contribution >= 4 is 29.1 Å². The number of carbonyl (C=O) groups is 2. The molecule has 0 aromatic heterocycles. The number of alkyl halides is 4. The number of aryl methyl sites for hydroxylation is 1. The molecule has 1 aromatic carbocycles. The van der Waals surface area contributed by atoms with Crippen LogP contribution >= 0.6 is 11.6 Å². The Morgan fingerprint density at radius 3 is 2.48 bits per heavy atom. The van der Waals surface area contributed by atoms with Gasteiger partial charge in [-0.05, 0) is 24.6 Å². The highest BCUT2D eigenvalue weighted by atomic mass is 35.5. The average molecular weight is 327 g/mol. The zero-order chi connectivity index (χ0) is 16.2. The maximum absolute atomic E-state index is 12.6. The third-order valence-electron chi connectivity index (χ3n) is 2.38. The van der Waals surface area contributed by atoms with E-state index in [0.29, 0.717) is 0 Å². The molecule has 21 heavy (non-hydrogen) atoms. The minimum absolute atomic E-state index is 0.210. The van der Waals surface area contributed by atoms with Crippen LogP contribution in [0.25, 0.3) is 0 Å². The van der Waals surface area contributed by atoms with Crippen molar-refractivity contribution in [2.24, 2.45) is 0 Å². The van der Waals surface area contributed by atoms with Crippen molar-refractivity contribution in [3.05, 3.63) is 28.8 Å². The van der Waals surface area contributed by atoms with Crippen molar-refractivity contribution in [2.45, 2.75) is 19.3 Å². The van der Waals surface area contributed by atoms with E-state index in [4.69, 9.17) is 11.6 Å². The molecule has 2 amide bonds. The summed E-state index contributed by atoms with van der Waals surface area (Å²) in [6.07, 6.45) is -4.15. The van der Waals surface area contributed by atoms with Crippen molar-refractivity contribution in [3.8, 4) is 0 Å². The number of amides is 2. The molecule has 0 bridgehead atoms. The van der Waals surface area contributed by atoms with E-state index in [1.807, 2.05) is 0 Å². The first-order valence-electron chi connectivity index (χ1n) is 5.65. The normalized spacial score (nSPS) is 11.4. The first-order chi connectivity index (χ1) is 9.64. The van der Waals surface area contributed by atoms with Crippen LogP contribution in [-0.2, 0) is 9.59 Å². The van der Waals surface area contributed by atoms with E-state index in [2.05, 4.69) is 5.32 Å². The van der Waals surface area contributed by atoms with Gasteiger partial charge in [0.05, 0.1) is 17.3 Å². The Balaban J connectivity index is 2.57. The summed E-state index contributed by atoms with van der Waals surface area (Å²) in [5, 5.41) is 3.90. The van der Waals surface area contributed by atoms with Gasteiger partial charge in [0.25, 0.3) is 5.91 Å². The Bertz CT molecular complexity index is 552. The minimum atomic E-state index is -4.85. The van der Waals surface area contributed by atoms with Gasteiger partial charge in [-0.25, -0.2) is 8.78 Å². The van der Waals surface area contributed by atoms with Crippen molar-refractivity contribution in [1.82, 2.24) is 5.32 Å². The summed E-state index contributed by atoms with van der Waals surface area (Å²) < 4.78 is 49.0. The Labute approximate surface area is 122 Å². The molecule has 0 heterocycles. The molecule has 1 aromatic rings. The first-order valence-corrected chi connectivity index (χ1v) is 6.02. The lowest BCUT2D eigenvalue weighted by molar-refractivity contribution is -0.169. The fourth-order valence-corrected chi connectivity index (χ4v) is 1.58. The largest absolute Gasteiger partial charge is 0.383 e. The van der Waals surface area contributed by atoms with Crippen molar-refractivity contribution in [2.75, 3.05) is 11.9 Å². The summed E-state index contributed by atoms with van der Waals surface area (Å²) >= 11 is 5.83. The van der Waals surface area contributed by atoms with Gasteiger partial charge in [0, 0.05) is 0 Å². The van der Waals surface area contributed by atoms with Crippen LogP contribution in [-0.4, -0.2) is 30.7 Å². The Hall–Kier alpha value is -1.83. The molecule has 0 aliphatic rings. The molecular weight excluding hydrogens is 316 g/mol. The molecule has 0 atom stereocenters. The number of carbonyl (C=O) groups excluding carboxylic acids is 2. The summed E-state index contributed by atoms with van der Waals surface area (Å²) in [6.45, 7) is 0.884. The van der Waals surface area contributed by atoms with Crippen molar-refractivity contribution in [3.63, 3.8) is 0 Å². The summed E-state index contributed by atoms with van der Waals surface area (Å²) in [4.78, 5) is 22.3. The van der Waals surface area contributed by atoms with Gasteiger partial charge >= 0.3 is 12.3 Å². The lowest BCUT2D eigenvalue weighted by Crippen LogP contribution is -2.47. The number of anilines is 1. The molecule has 0 saturated carbocycles. The van der Waals surface area contributed by atoms with Crippen LogP contribution in [0.4, 0.5) is 23.2 Å². The Morgan fingerprint density at radius 2 is 1.95 bits per heavy atom. The Kier molecular flexibility index (Phi) is 5.54. The zero-order valence-corrected chi connectivity index (χ0v) is 11.5. The fourth-order valence-electron chi connectivity index (χ4n) is 1.29. The van der Waals surface area contributed by atoms with Gasteiger partial charge < -0.3 is 10.6 Å². The number of rotatable bonds is 5. The first kappa shape index (κ1) is 17.2. The monoisotopic (exact) mass is 326 g/mol. The molecule has 0 aliphatic heterocycles. The second-order valence-corrected chi connectivity index (χ2v) is 4.55. The van der Waals surface area contributed by atoms with E-state index in [9.17, 15) is 27.2 Å². The van der Waals surface area contributed by atoms with E-state index in [1.165, 1.54) is 11.4 Å². The molecule has 2 N–H and O–H groups in total. The van der Waals surface area contributed by atoms with Gasteiger partial charge in [-0.15, -0.1) is 0 Å². The van der Waals surface area contributed by atoms with Crippen LogP contribution in [0.3, 0.4) is 0 Å². The number of nitrogens with one attached hydrogen (secondary N) is 2. The lowest BCUT2D eigenvalue weighted by Gasteiger charge is -2.14. The Morgan fingerprint density at radius 1 is 1.33 bits per heavy atom. The molecular formula is C12H11ClF4N2O2. The van der Waals surface area contributed by atoms with E-state index >= 15 is 0 Å². The second kappa shape index (κ2) is 6.75. The standard InChI is InChI=1S/C12H11ClF4N2O2/c1-6-2-3-8(7(13)4-6)19-9(20)5-18-11(21)12(16,17)10(14)15/h2-4,10H,5H2,1H3,(H,18,21)(H,19,20). The third-order valence-corrected chi connectivity index (χ3v) is 2.70. The van der Waals surface area contributed by atoms with E-state index in [0.717, 1.165) is 5.56 Å². The van der Waals surface area contributed by atoms with Crippen molar-refractivity contribution in [1.29, 1.82) is 0 Å². The highest BCUT2D eigenvalue weighted by Crippen LogP contribution is 2.23. The van der Waals surface area contributed by atoms with E-state index in [-0.39, 0.29) is 10.7 Å². The number of benzene rings is 1. The van der Waals surface area contributed by atoms with Crippen LogP contribution in [0.15, 0.2) is 18.2 Å². The summed E-state index contributed by atoms with van der Waals surface area (Å²) in [5.74, 6) is -7.94. The predicted octanol–water partition coefficient (Wildman–Crippen LogP) is 2.60. The molecule has 0 radical (unpaired) electrons. The number of hydrogen-bond donors (Lipinski definition) is 2. The summed E-state index contributed by atoms with van der Waals surface area (Å²) in [5.41, 5.74) is 1.05. The summed E-state index contributed by atoms with van der Waals surface area (Å²) in [7, 11) is 0. The lowest BCUT2D eigenvalue weighted by atomic mass is 10.2. The van der Waals surface area contributed by atoms with Crippen molar-refractivity contribution < 1.29 is 27.2 Å². The second-order valence-electron chi connectivity index (χ2n) is 4.14. The van der Waals surface area contributed by atoms with E-state index in [1.54, 1.807) is 19.1 Å². The van der Waals surface area contributed by atoms with Gasteiger partial charge in [0.1, 0.15) is 0 Å². The highest BCUT2D eigenvalue weighted by Gasteiger charge is 2.48. The zero-order valence-electron chi connectivity index (χ0n) is 10.7. The van der Waals surface area contributed by atoms with Gasteiger partial charge in [0.15, 0.2) is 0 Å².